The Morgan fingerprint density at radius 3 is 2.52 bits per heavy atom. The molecule has 0 radical (unpaired) electrons. The summed E-state index contributed by atoms with van der Waals surface area (Å²) in [5.41, 5.74) is 0.856. The smallest absolute Gasteiger partial charge is 0.281 e. The molecule has 0 amide bonds. The van der Waals surface area contributed by atoms with E-state index >= 15 is 0 Å². The lowest BCUT2D eigenvalue weighted by molar-refractivity contribution is -0.663. The maximum atomic E-state index is 11.5. The summed E-state index contributed by atoms with van der Waals surface area (Å²) in [6.45, 7) is 2.27. The summed E-state index contributed by atoms with van der Waals surface area (Å²) >= 11 is 0. The fourth-order valence-electron chi connectivity index (χ4n) is 3.50. The third kappa shape index (κ3) is 3.05. The van der Waals surface area contributed by atoms with Gasteiger partial charge in [0.2, 0.25) is 0 Å². The Morgan fingerprint density at radius 1 is 1.12 bits per heavy atom. The van der Waals surface area contributed by atoms with E-state index in [0.29, 0.717) is 26.3 Å². The summed E-state index contributed by atoms with van der Waals surface area (Å²) in [5.74, 6) is 1.79. The molecule has 0 fully saturated rings. The number of hydrogen-bond donors (Lipinski definition) is 1. The second kappa shape index (κ2) is 7.15. The van der Waals surface area contributed by atoms with Crippen molar-refractivity contribution in [1.29, 1.82) is 0 Å². The Bertz CT molecular complexity index is 764. The van der Waals surface area contributed by atoms with E-state index < -0.39 is 5.72 Å². The first-order valence-electron chi connectivity index (χ1n) is 8.13. The van der Waals surface area contributed by atoms with Crippen LogP contribution < -0.4 is 26.6 Å². The van der Waals surface area contributed by atoms with Gasteiger partial charge in [-0.2, -0.15) is 0 Å². The third-order valence-electron chi connectivity index (χ3n) is 4.76. The van der Waals surface area contributed by atoms with Crippen LogP contribution in [0.2, 0.25) is 0 Å². The molecule has 0 bridgehead atoms. The molecule has 0 saturated heterocycles. The van der Waals surface area contributed by atoms with E-state index in [1.54, 1.807) is 7.11 Å². The first-order chi connectivity index (χ1) is 11.7. The number of β-amino-alcohol motifs (C(OH)–C–C–N with tert-alkyl or cyclic N) is 1. The zero-order valence-corrected chi connectivity index (χ0v) is 15.6. The number of para-hydroxylation sites is 1. The highest BCUT2D eigenvalue weighted by atomic mass is 79.9. The van der Waals surface area contributed by atoms with Crippen LogP contribution in [0.4, 0.5) is 5.69 Å². The Kier molecular flexibility index (Phi) is 5.13. The highest BCUT2D eigenvalue weighted by molar-refractivity contribution is 5.96. The predicted octanol–water partition coefficient (Wildman–Crippen LogP) is -1.19. The van der Waals surface area contributed by atoms with E-state index in [1.807, 2.05) is 42.5 Å². The van der Waals surface area contributed by atoms with Gasteiger partial charge in [0.1, 0.15) is 24.6 Å². The van der Waals surface area contributed by atoms with Crippen LogP contribution in [0.1, 0.15) is 5.56 Å². The van der Waals surface area contributed by atoms with Crippen molar-refractivity contribution in [3.05, 3.63) is 60.2 Å². The third-order valence-corrected chi connectivity index (χ3v) is 4.76. The molecule has 0 aromatic heterocycles. The molecule has 5 nitrogen and oxygen atoms in total. The van der Waals surface area contributed by atoms with E-state index in [0.717, 1.165) is 22.8 Å². The number of methoxy groups -OCH3 is 1. The first-order valence-corrected chi connectivity index (χ1v) is 8.13. The monoisotopic (exact) mass is 404 g/mol. The molecule has 4 rings (SSSR count). The molecule has 2 aliphatic heterocycles. The molecule has 1 atom stereocenters. The van der Waals surface area contributed by atoms with Crippen molar-refractivity contribution in [1.82, 2.24) is 0 Å². The number of hydrogen-bond acceptors (Lipinski definition) is 4. The number of anilines is 1. The first kappa shape index (κ1) is 17.9. The van der Waals surface area contributed by atoms with Crippen LogP contribution in [-0.2, 0) is 10.5 Å². The van der Waals surface area contributed by atoms with Gasteiger partial charge >= 0.3 is 0 Å². The van der Waals surface area contributed by atoms with Crippen LogP contribution in [0.15, 0.2) is 54.6 Å². The molecule has 0 aliphatic carbocycles. The van der Waals surface area contributed by atoms with Crippen LogP contribution in [0.5, 0.6) is 5.75 Å². The minimum Gasteiger partial charge on any atom is -1.00 e. The minimum absolute atomic E-state index is 0. The topological polar surface area (TPSA) is 44.9 Å². The van der Waals surface area contributed by atoms with Crippen LogP contribution >= 0.6 is 0 Å². The minimum atomic E-state index is -1.07. The zero-order valence-electron chi connectivity index (χ0n) is 14.1. The molecule has 6 heteroatoms. The summed E-state index contributed by atoms with van der Waals surface area (Å²) < 4.78 is 12.9. The SMILES string of the molecule is COc1ccc(C2(O)CN(c3ccccc3)C3=[N+]2CCOC3)cc1.[Br-]. The molecular formula is C19H21BrN2O3. The molecule has 2 aromatic rings. The fourth-order valence-corrected chi connectivity index (χ4v) is 3.50. The van der Waals surface area contributed by atoms with Crippen LogP contribution in [0.25, 0.3) is 0 Å². The molecule has 2 heterocycles. The Morgan fingerprint density at radius 2 is 1.84 bits per heavy atom. The van der Waals surface area contributed by atoms with Gasteiger partial charge in [0.15, 0.2) is 6.54 Å². The van der Waals surface area contributed by atoms with Crippen molar-refractivity contribution in [3.63, 3.8) is 0 Å². The van der Waals surface area contributed by atoms with Gasteiger partial charge in [-0.15, -0.1) is 0 Å². The number of amidine groups is 1. The Labute approximate surface area is 157 Å². The summed E-state index contributed by atoms with van der Waals surface area (Å²) in [6, 6.07) is 17.8. The average Bonchev–Trinajstić information content (AvgIpc) is 2.97. The molecule has 1 N–H and O–H groups in total. The highest BCUT2D eigenvalue weighted by Crippen LogP contribution is 2.34. The predicted molar refractivity (Wildman–Crippen MR) is 91.6 cm³/mol. The Hall–Kier alpha value is -1.89. The molecular weight excluding hydrogens is 384 g/mol. The number of ether oxygens (including phenoxy) is 2. The lowest BCUT2D eigenvalue weighted by Crippen LogP contribution is -3.00. The van der Waals surface area contributed by atoms with Gasteiger partial charge in [0.25, 0.3) is 11.6 Å². The number of halogens is 1. The molecule has 2 aliphatic rings. The number of nitrogens with zero attached hydrogens (tertiary/aromatic N) is 2. The van der Waals surface area contributed by atoms with Gasteiger partial charge in [-0.05, 0) is 36.4 Å². The van der Waals surface area contributed by atoms with Crippen LogP contribution in [0, 0.1) is 0 Å². The molecule has 0 spiro atoms. The second-order valence-electron chi connectivity index (χ2n) is 6.09. The average molecular weight is 405 g/mol. The van der Waals surface area contributed by atoms with E-state index in [4.69, 9.17) is 9.47 Å². The van der Waals surface area contributed by atoms with E-state index in [9.17, 15) is 5.11 Å². The van der Waals surface area contributed by atoms with Crippen molar-refractivity contribution in [3.8, 4) is 5.75 Å². The fraction of sp³-hybridized carbons (Fsp3) is 0.316. The van der Waals surface area contributed by atoms with Crippen molar-refractivity contribution in [2.75, 3.05) is 38.3 Å². The lowest BCUT2D eigenvalue weighted by Gasteiger charge is -2.24. The quantitative estimate of drug-likeness (QED) is 0.653. The standard InChI is InChI=1S/C19H21N2O3.BrH/c1-23-17-9-7-15(8-10-17)19(22)14-20(16-5-3-2-4-6-16)18-13-24-12-11-21(18)19;/h2-10,22H,11-14H2,1H3;1H/q+1;/p-1. The zero-order chi connectivity index (χ0) is 16.6. The van der Waals surface area contributed by atoms with E-state index in [1.165, 1.54) is 0 Å². The molecule has 1 unspecified atom stereocenters. The summed E-state index contributed by atoms with van der Waals surface area (Å²) in [4.78, 5) is 2.14. The molecule has 0 saturated carbocycles. The van der Waals surface area contributed by atoms with Crippen molar-refractivity contribution >= 4 is 11.5 Å². The molecule has 2 aromatic carbocycles. The normalized spacial score (nSPS) is 22.4. The van der Waals surface area contributed by atoms with Crippen LogP contribution in [0.3, 0.4) is 0 Å². The second-order valence-corrected chi connectivity index (χ2v) is 6.09. The maximum Gasteiger partial charge on any atom is 0.281 e. The number of aliphatic hydroxyl groups is 1. The summed E-state index contributed by atoms with van der Waals surface area (Å²) in [6.07, 6.45) is 0. The summed E-state index contributed by atoms with van der Waals surface area (Å²) in [5, 5.41) is 11.5. The van der Waals surface area contributed by atoms with E-state index in [-0.39, 0.29) is 17.0 Å². The highest BCUT2D eigenvalue weighted by Gasteiger charge is 2.52. The largest absolute Gasteiger partial charge is 1.00 e. The number of rotatable bonds is 3. The molecule has 132 valence electrons. The van der Waals surface area contributed by atoms with Gasteiger partial charge in [-0.25, -0.2) is 9.48 Å². The van der Waals surface area contributed by atoms with Crippen molar-refractivity contribution < 1.29 is 36.1 Å². The van der Waals surface area contributed by atoms with Gasteiger partial charge in [-0.3, -0.25) is 0 Å². The van der Waals surface area contributed by atoms with Gasteiger partial charge < -0.3 is 31.6 Å². The van der Waals surface area contributed by atoms with E-state index in [2.05, 4.69) is 21.6 Å². The molecule has 25 heavy (non-hydrogen) atoms. The lowest BCUT2D eigenvalue weighted by atomic mass is 10.0. The van der Waals surface area contributed by atoms with Crippen molar-refractivity contribution in [2.24, 2.45) is 0 Å². The van der Waals surface area contributed by atoms with Gasteiger partial charge in [-0.1, -0.05) is 18.2 Å². The van der Waals surface area contributed by atoms with Gasteiger partial charge in [0.05, 0.1) is 13.7 Å². The van der Waals surface area contributed by atoms with Crippen LogP contribution in [-0.4, -0.2) is 48.9 Å². The number of benzene rings is 2. The Balaban J connectivity index is 0.00000182. The van der Waals surface area contributed by atoms with Crippen molar-refractivity contribution in [2.45, 2.75) is 5.72 Å². The van der Waals surface area contributed by atoms with Gasteiger partial charge in [0, 0.05) is 5.56 Å². The maximum absolute atomic E-state index is 11.5. The summed E-state index contributed by atoms with van der Waals surface area (Å²) in [7, 11) is 1.64.